The molecule has 0 fully saturated rings. The summed E-state index contributed by atoms with van der Waals surface area (Å²) in [6, 6.07) is 17.9. The molecule has 4 aromatic rings. The standard InChI is InChI=1S/C30H25NO7/c1-16-12-17(2)14-21(13-16)31-26(19-8-10-22(11-9-19)37-18(3)32)25(28(34)30(31)35)27(33)24-15-20-6-5-7-23(36-4)29(20)38-24/h5-15,26,34H,1-4H3. The molecule has 1 N–H and O–H groups in total. The maximum absolute atomic E-state index is 13.9. The number of nitrogens with zero attached hydrogens (tertiary/aromatic N) is 1. The fourth-order valence-corrected chi connectivity index (χ4v) is 4.83. The largest absolute Gasteiger partial charge is 0.503 e. The predicted octanol–water partition coefficient (Wildman–Crippen LogP) is 5.77. The quantitative estimate of drug-likeness (QED) is 0.199. The molecule has 3 aromatic carbocycles. The van der Waals surface area contributed by atoms with Gasteiger partial charge in [-0.15, -0.1) is 0 Å². The van der Waals surface area contributed by atoms with Crippen LogP contribution in [-0.4, -0.2) is 29.9 Å². The number of rotatable bonds is 6. The van der Waals surface area contributed by atoms with Gasteiger partial charge in [0.25, 0.3) is 5.91 Å². The van der Waals surface area contributed by atoms with Crippen LogP contribution < -0.4 is 14.4 Å². The number of hydrogen-bond acceptors (Lipinski definition) is 7. The van der Waals surface area contributed by atoms with Crippen LogP contribution in [0.25, 0.3) is 11.0 Å². The summed E-state index contributed by atoms with van der Waals surface area (Å²) < 4.78 is 16.4. The number of aliphatic hydroxyl groups excluding tert-OH is 1. The smallest absolute Gasteiger partial charge is 0.308 e. The molecule has 1 aliphatic heterocycles. The van der Waals surface area contributed by atoms with Gasteiger partial charge in [-0.3, -0.25) is 19.3 Å². The molecule has 0 aliphatic carbocycles. The molecule has 0 bridgehead atoms. The minimum absolute atomic E-state index is 0.0392. The van der Waals surface area contributed by atoms with Crippen LogP contribution in [0, 0.1) is 13.8 Å². The Morgan fingerprint density at radius 3 is 2.29 bits per heavy atom. The van der Waals surface area contributed by atoms with Crippen molar-refractivity contribution in [3.05, 3.63) is 101 Å². The number of para-hydroxylation sites is 1. The second-order valence-electron chi connectivity index (χ2n) is 9.17. The monoisotopic (exact) mass is 511 g/mol. The Kier molecular flexibility index (Phi) is 6.24. The van der Waals surface area contributed by atoms with E-state index in [-0.39, 0.29) is 11.3 Å². The zero-order valence-electron chi connectivity index (χ0n) is 21.3. The molecule has 1 aliphatic rings. The highest BCUT2D eigenvalue weighted by Gasteiger charge is 2.45. The second-order valence-corrected chi connectivity index (χ2v) is 9.17. The minimum Gasteiger partial charge on any atom is -0.503 e. The summed E-state index contributed by atoms with van der Waals surface area (Å²) in [5, 5.41) is 11.7. The number of amides is 1. The number of aryl methyl sites for hydroxylation is 2. The summed E-state index contributed by atoms with van der Waals surface area (Å²) in [7, 11) is 1.50. The fourth-order valence-electron chi connectivity index (χ4n) is 4.83. The van der Waals surface area contributed by atoms with E-state index in [0.29, 0.717) is 33.7 Å². The van der Waals surface area contributed by atoms with Crippen molar-refractivity contribution in [2.75, 3.05) is 12.0 Å². The summed E-state index contributed by atoms with van der Waals surface area (Å²) >= 11 is 0. The second kappa shape index (κ2) is 9.55. The number of carbonyl (C=O) groups excluding carboxylic acids is 3. The summed E-state index contributed by atoms with van der Waals surface area (Å²) in [4.78, 5) is 40.1. The Balaban J connectivity index is 1.65. The van der Waals surface area contributed by atoms with E-state index in [0.717, 1.165) is 11.1 Å². The Morgan fingerprint density at radius 2 is 1.66 bits per heavy atom. The van der Waals surface area contributed by atoms with Gasteiger partial charge in [-0.2, -0.15) is 0 Å². The lowest BCUT2D eigenvalue weighted by Crippen LogP contribution is -2.31. The first-order valence-electron chi connectivity index (χ1n) is 11.9. The molecule has 5 rings (SSSR count). The van der Waals surface area contributed by atoms with Crippen LogP contribution in [0.4, 0.5) is 5.69 Å². The molecular weight excluding hydrogens is 486 g/mol. The van der Waals surface area contributed by atoms with Crippen LogP contribution in [0.2, 0.25) is 0 Å². The topological polar surface area (TPSA) is 106 Å². The van der Waals surface area contributed by atoms with Crippen LogP contribution in [-0.2, 0) is 9.59 Å². The first-order valence-corrected chi connectivity index (χ1v) is 11.9. The molecule has 8 heteroatoms. The molecule has 1 amide bonds. The number of hydrogen-bond donors (Lipinski definition) is 1. The minimum atomic E-state index is -0.960. The molecule has 1 unspecified atom stereocenters. The summed E-state index contributed by atoms with van der Waals surface area (Å²) in [6.07, 6.45) is 0. The van der Waals surface area contributed by atoms with Crippen molar-refractivity contribution < 1.29 is 33.4 Å². The molecule has 1 atom stereocenters. The lowest BCUT2D eigenvalue weighted by atomic mass is 9.94. The number of fused-ring (bicyclic) bond motifs is 1. The van der Waals surface area contributed by atoms with E-state index in [9.17, 15) is 19.5 Å². The van der Waals surface area contributed by atoms with Gasteiger partial charge in [0.1, 0.15) is 5.75 Å². The van der Waals surface area contributed by atoms with Gasteiger partial charge in [-0.05, 0) is 66.9 Å². The number of benzene rings is 3. The summed E-state index contributed by atoms with van der Waals surface area (Å²) in [5.41, 5.74) is 3.17. The highest BCUT2D eigenvalue weighted by Crippen LogP contribution is 2.43. The summed E-state index contributed by atoms with van der Waals surface area (Å²) in [6.45, 7) is 5.10. The lowest BCUT2D eigenvalue weighted by molar-refractivity contribution is -0.131. The van der Waals surface area contributed by atoms with Crippen LogP contribution in [0.5, 0.6) is 11.5 Å². The molecule has 0 saturated carbocycles. The first kappa shape index (κ1) is 24.8. The molecule has 38 heavy (non-hydrogen) atoms. The van der Waals surface area contributed by atoms with E-state index in [1.165, 1.54) is 18.9 Å². The van der Waals surface area contributed by atoms with Gasteiger partial charge >= 0.3 is 5.97 Å². The Morgan fingerprint density at radius 1 is 0.974 bits per heavy atom. The number of ether oxygens (including phenoxy) is 2. The zero-order valence-corrected chi connectivity index (χ0v) is 21.3. The highest BCUT2D eigenvalue weighted by atomic mass is 16.5. The van der Waals surface area contributed by atoms with Gasteiger partial charge in [0.2, 0.25) is 5.78 Å². The molecular formula is C30H25NO7. The number of anilines is 1. The number of carbonyl (C=O) groups is 3. The van der Waals surface area contributed by atoms with Crippen molar-refractivity contribution in [1.29, 1.82) is 0 Å². The Bertz CT molecular complexity index is 1610. The Labute approximate surface area is 218 Å². The first-order chi connectivity index (χ1) is 18.2. The van der Waals surface area contributed by atoms with E-state index < -0.39 is 29.5 Å². The highest BCUT2D eigenvalue weighted by molar-refractivity contribution is 6.20. The normalized spacial score (nSPS) is 15.3. The van der Waals surface area contributed by atoms with Crippen molar-refractivity contribution in [1.82, 2.24) is 0 Å². The number of esters is 1. The van der Waals surface area contributed by atoms with Crippen LogP contribution in [0.15, 0.2) is 82.5 Å². The number of furan rings is 1. The third kappa shape index (κ3) is 4.30. The number of aliphatic hydroxyl groups is 1. The van der Waals surface area contributed by atoms with Crippen molar-refractivity contribution in [2.24, 2.45) is 0 Å². The van der Waals surface area contributed by atoms with Gasteiger partial charge < -0.3 is 19.0 Å². The molecule has 0 spiro atoms. The van der Waals surface area contributed by atoms with Gasteiger partial charge in [-0.25, -0.2) is 0 Å². The third-order valence-corrected chi connectivity index (χ3v) is 6.35. The fraction of sp³-hybridized carbons (Fsp3) is 0.167. The average Bonchev–Trinajstić information content (AvgIpc) is 3.42. The van der Waals surface area contributed by atoms with Crippen LogP contribution >= 0.6 is 0 Å². The zero-order chi connectivity index (χ0) is 27.1. The van der Waals surface area contributed by atoms with Crippen molar-refractivity contribution in [3.8, 4) is 11.5 Å². The molecule has 8 nitrogen and oxygen atoms in total. The van der Waals surface area contributed by atoms with E-state index in [4.69, 9.17) is 13.9 Å². The van der Waals surface area contributed by atoms with Gasteiger partial charge in [0, 0.05) is 18.0 Å². The lowest BCUT2D eigenvalue weighted by Gasteiger charge is -2.27. The number of ketones is 1. The van der Waals surface area contributed by atoms with E-state index >= 15 is 0 Å². The molecule has 0 saturated heterocycles. The third-order valence-electron chi connectivity index (χ3n) is 6.35. The van der Waals surface area contributed by atoms with Crippen molar-refractivity contribution >= 4 is 34.3 Å². The Hall–Kier alpha value is -4.85. The van der Waals surface area contributed by atoms with Crippen LogP contribution in [0.1, 0.15) is 40.2 Å². The number of Topliss-reactive ketones (excluding diaryl/α,β-unsaturated/α-hetero) is 1. The predicted molar refractivity (Wildman–Crippen MR) is 141 cm³/mol. The SMILES string of the molecule is COc1cccc2cc(C(=O)C3=C(O)C(=O)N(c4cc(C)cc(C)c4)C3c3ccc(OC(C)=O)cc3)oc12. The number of methoxy groups -OCH3 is 1. The maximum Gasteiger partial charge on any atom is 0.308 e. The van der Waals surface area contributed by atoms with Gasteiger partial charge in [0.05, 0.1) is 18.7 Å². The molecule has 192 valence electrons. The molecule has 0 radical (unpaired) electrons. The molecule has 2 heterocycles. The summed E-state index contributed by atoms with van der Waals surface area (Å²) in [5.74, 6) is -1.74. The van der Waals surface area contributed by atoms with Gasteiger partial charge in [0.15, 0.2) is 22.9 Å². The van der Waals surface area contributed by atoms with E-state index in [1.54, 1.807) is 48.5 Å². The van der Waals surface area contributed by atoms with Crippen LogP contribution in [0.3, 0.4) is 0 Å². The van der Waals surface area contributed by atoms with Crippen molar-refractivity contribution in [3.63, 3.8) is 0 Å². The maximum atomic E-state index is 13.9. The van der Waals surface area contributed by atoms with E-state index in [2.05, 4.69) is 0 Å². The molecule has 1 aromatic heterocycles. The van der Waals surface area contributed by atoms with Gasteiger partial charge in [-0.1, -0.05) is 30.3 Å². The van der Waals surface area contributed by atoms with E-state index in [1.807, 2.05) is 32.0 Å². The average molecular weight is 512 g/mol. The van der Waals surface area contributed by atoms with Crippen molar-refractivity contribution in [2.45, 2.75) is 26.8 Å².